The summed E-state index contributed by atoms with van der Waals surface area (Å²) in [7, 11) is 0. The number of pyridine rings is 1. The third kappa shape index (κ3) is 4.05. The normalized spacial score (nSPS) is 14.1. The molecule has 8 heteroatoms. The van der Waals surface area contributed by atoms with E-state index >= 15 is 0 Å². The van der Waals surface area contributed by atoms with Crippen LogP contribution in [0.15, 0.2) is 36.7 Å². The average Bonchev–Trinajstić information content (AvgIpc) is 3.22. The van der Waals surface area contributed by atoms with Crippen molar-refractivity contribution in [1.82, 2.24) is 24.1 Å². The molecule has 0 spiro atoms. The van der Waals surface area contributed by atoms with Gasteiger partial charge in [0.05, 0.1) is 30.0 Å². The van der Waals surface area contributed by atoms with Gasteiger partial charge in [-0.3, -0.25) is 14.3 Å². The summed E-state index contributed by atoms with van der Waals surface area (Å²) in [6.07, 6.45) is 6.27. The maximum absolute atomic E-state index is 12.8. The van der Waals surface area contributed by atoms with E-state index in [0.29, 0.717) is 32.4 Å². The first-order valence-electron chi connectivity index (χ1n) is 9.56. The van der Waals surface area contributed by atoms with Crippen LogP contribution in [0.5, 0.6) is 0 Å². The number of amides is 1. The van der Waals surface area contributed by atoms with Gasteiger partial charge in [-0.15, -0.1) is 0 Å². The second-order valence-electron chi connectivity index (χ2n) is 7.11. The molecule has 0 saturated heterocycles. The topological polar surface area (TPSA) is 92.7 Å². The molecule has 3 aromatic heterocycles. The van der Waals surface area contributed by atoms with E-state index in [4.69, 9.17) is 5.11 Å². The molecule has 1 amide bonds. The average molecular weight is 381 g/mol. The van der Waals surface area contributed by atoms with Gasteiger partial charge in [0.25, 0.3) is 0 Å². The Balaban J connectivity index is 1.38. The summed E-state index contributed by atoms with van der Waals surface area (Å²) in [6, 6.07) is 7.77. The first-order chi connectivity index (χ1) is 13.6. The Morgan fingerprint density at radius 1 is 1.11 bits per heavy atom. The van der Waals surface area contributed by atoms with Crippen molar-refractivity contribution >= 4 is 17.5 Å². The Labute approximate surface area is 162 Å². The van der Waals surface area contributed by atoms with Crippen LogP contribution in [0.1, 0.15) is 36.3 Å². The third-order valence-electron chi connectivity index (χ3n) is 5.02. The fraction of sp³-hybridized carbons (Fsp3) is 0.400. The molecule has 1 N–H and O–H groups in total. The fourth-order valence-electron chi connectivity index (χ4n) is 3.59. The van der Waals surface area contributed by atoms with E-state index in [1.54, 1.807) is 0 Å². The Morgan fingerprint density at radius 3 is 2.79 bits per heavy atom. The second-order valence-corrected chi connectivity index (χ2v) is 7.11. The molecule has 8 nitrogen and oxygen atoms in total. The summed E-state index contributed by atoms with van der Waals surface area (Å²) in [5, 5.41) is 13.3. The van der Waals surface area contributed by atoms with Gasteiger partial charge in [-0.2, -0.15) is 5.10 Å². The van der Waals surface area contributed by atoms with E-state index < -0.39 is 5.97 Å². The Kier molecular flexibility index (Phi) is 5.10. The molecular weight excluding hydrogens is 358 g/mol. The van der Waals surface area contributed by atoms with Crippen LogP contribution < -0.4 is 0 Å². The maximum Gasteiger partial charge on any atom is 0.303 e. The lowest BCUT2D eigenvalue weighted by Gasteiger charge is -2.19. The number of carboxylic acid groups (broad SMARTS) is 1. The Hall–Kier alpha value is -3.16. The van der Waals surface area contributed by atoms with Gasteiger partial charge < -0.3 is 14.4 Å². The van der Waals surface area contributed by atoms with E-state index in [2.05, 4.69) is 10.1 Å². The van der Waals surface area contributed by atoms with Crippen LogP contribution in [0.3, 0.4) is 0 Å². The minimum atomic E-state index is -0.827. The number of carbonyl (C=O) groups excluding carboxylic acids is 1. The van der Waals surface area contributed by atoms with Crippen molar-refractivity contribution < 1.29 is 14.7 Å². The molecule has 1 aliphatic rings. The summed E-state index contributed by atoms with van der Waals surface area (Å²) < 4.78 is 3.87. The van der Waals surface area contributed by atoms with Crippen LogP contribution in [0.25, 0.3) is 5.65 Å². The van der Waals surface area contributed by atoms with Crippen LogP contribution in [0.2, 0.25) is 0 Å². The molecule has 4 rings (SSSR count). The van der Waals surface area contributed by atoms with Crippen molar-refractivity contribution in [3.05, 3.63) is 53.7 Å². The van der Waals surface area contributed by atoms with Crippen molar-refractivity contribution in [3.8, 4) is 0 Å². The van der Waals surface area contributed by atoms with Crippen molar-refractivity contribution in [2.45, 2.75) is 45.2 Å². The maximum atomic E-state index is 12.8. The number of nitrogens with zero attached hydrogens (tertiary/aromatic N) is 5. The number of aromatic nitrogens is 4. The van der Waals surface area contributed by atoms with Crippen LogP contribution in [0, 0.1) is 0 Å². The van der Waals surface area contributed by atoms with Gasteiger partial charge in [0.1, 0.15) is 5.65 Å². The van der Waals surface area contributed by atoms with Gasteiger partial charge in [-0.1, -0.05) is 6.07 Å². The van der Waals surface area contributed by atoms with Crippen LogP contribution in [-0.2, 0) is 35.5 Å². The molecule has 146 valence electrons. The molecule has 28 heavy (non-hydrogen) atoms. The number of hydrogen-bond acceptors (Lipinski definition) is 4. The largest absolute Gasteiger partial charge is 0.481 e. The second kappa shape index (κ2) is 7.84. The molecule has 0 aliphatic carbocycles. The van der Waals surface area contributed by atoms with Gasteiger partial charge in [-0.25, -0.2) is 4.98 Å². The number of hydrogen-bond donors (Lipinski definition) is 1. The van der Waals surface area contributed by atoms with Gasteiger partial charge in [-0.05, 0) is 31.0 Å². The molecule has 3 aromatic rings. The highest BCUT2D eigenvalue weighted by Gasteiger charge is 2.21. The molecule has 0 bridgehead atoms. The van der Waals surface area contributed by atoms with Gasteiger partial charge >= 0.3 is 5.97 Å². The highest BCUT2D eigenvalue weighted by atomic mass is 16.4. The van der Waals surface area contributed by atoms with Crippen molar-refractivity contribution in [1.29, 1.82) is 0 Å². The lowest BCUT2D eigenvalue weighted by molar-refractivity contribution is -0.137. The predicted octanol–water partition coefficient (Wildman–Crippen LogP) is 1.91. The number of imidazole rings is 1. The third-order valence-corrected chi connectivity index (χ3v) is 5.02. The molecular formula is C20H23N5O3. The quantitative estimate of drug-likeness (QED) is 0.704. The minimum absolute atomic E-state index is 0.0676. The van der Waals surface area contributed by atoms with Gasteiger partial charge in [0.2, 0.25) is 5.91 Å². The molecule has 0 aromatic carbocycles. The molecule has 0 saturated carbocycles. The number of carboxylic acids is 1. The lowest BCUT2D eigenvalue weighted by Crippen LogP contribution is -2.30. The Morgan fingerprint density at radius 2 is 1.96 bits per heavy atom. The van der Waals surface area contributed by atoms with E-state index in [9.17, 15) is 9.59 Å². The molecule has 1 aliphatic heterocycles. The number of aryl methyl sites for hydroxylation is 3. The van der Waals surface area contributed by atoms with Crippen molar-refractivity contribution in [2.75, 3.05) is 6.54 Å². The van der Waals surface area contributed by atoms with E-state index in [-0.39, 0.29) is 12.3 Å². The molecule has 0 fully saturated rings. The standard InChI is InChI=1S/C20H23N5O3/c26-19(7-5-16-13-23-9-2-1-4-18(23)21-16)24-10-3-11-25-17(14-24)12-15(22-25)6-8-20(27)28/h1-2,4,9,12-13H,3,5-8,10-11,14H2,(H,27,28). The number of rotatable bonds is 6. The van der Waals surface area contributed by atoms with Crippen LogP contribution >= 0.6 is 0 Å². The SMILES string of the molecule is O=C(O)CCc1cc2n(n1)CCCN(C(=O)CCc1cn3ccccc3n1)C2. The first kappa shape index (κ1) is 18.2. The van der Waals surface area contributed by atoms with E-state index in [1.165, 1.54) is 0 Å². The Bertz CT molecular complexity index is 973. The highest BCUT2D eigenvalue weighted by molar-refractivity contribution is 5.76. The summed E-state index contributed by atoms with van der Waals surface area (Å²) in [5.74, 6) is -0.717. The lowest BCUT2D eigenvalue weighted by atomic mass is 10.2. The molecule has 0 unspecified atom stereocenters. The van der Waals surface area contributed by atoms with Crippen molar-refractivity contribution in [2.24, 2.45) is 0 Å². The zero-order chi connectivity index (χ0) is 19.5. The van der Waals surface area contributed by atoms with Crippen molar-refractivity contribution in [3.63, 3.8) is 0 Å². The molecule has 0 radical (unpaired) electrons. The number of aliphatic carboxylic acids is 1. The monoisotopic (exact) mass is 381 g/mol. The summed E-state index contributed by atoms with van der Waals surface area (Å²) in [5.41, 5.74) is 3.54. The first-order valence-corrected chi connectivity index (χ1v) is 9.56. The fourth-order valence-corrected chi connectivity index (χ4v) is 3.59. The molecule has 4 heterocycles. The zero-order valence-corrected chi connectivity index (χ0v) is 15.6. The zero-order valence-electron chi connectivity index (χ0n) is 15.6. The van der Waals surface area contributed by atoms with E-state index in [1.807, 2.05) is 50.6 Å². The smallest absolute Gasteiger partial charge is 0.303 e. The summed E-state index contributed by atoms with van der Waals surface area (Å²) in [4.78, 5) is 29.9. The minimum Gasteiger partial charge on any atom is -0.481 e. The van der Waals surface area contributed by atoms with E-state index in [0.717, 1.165) is 35.7 Å². The van der Waals surface area contributed by atoms with Crippen LogP contribution in [0.4, 0.5) is 0 Å². The van der Waals surface area contributed by atoms with Gasteiger partial charge in [0.15, 0.2) is 0 Å². The van der Waals surface area contributed by atoms with Gasteiger partial charge in [0, 0.05) is 38.3 Å². The highest BCUT2D eigenvalue weighted by Crippen LogP contribution is 2.16. The predicted molar refractivity (Wildman–Crippen MR) is 102 cm³/mol. The summed E-state index contributed by atoms with van der Waals surface area (Å²) in [6.45, 7) is 1.97. The number of fused-ring (bicyclic) bond motifs is 2. The molecule has 0 atom stereocenters. The van der Waals surface area contributed by atoms with Crippen LogP contribution in [-0.4, -0.2) is 47.6 Å². The summed E-state index contributed by atoms with van der Waals surface area (Å²) >= 11 is 0. The number of carbonyl (C=O) groups is 2.